The topological polar surface area (TPSA) is 57.7 Å². The average molecular weight is 353 g/mol. The molecule has 0 bridgehead atoms. The van der Waals surface area contributed by atoms with Crippen LogP contribution in [0.3, 0.4) is 0 Å². The maximum absolute atomic E-state index is 12.7. The number of rotatable bonds is 6. The van der Waals surface area contributed by atoms with Crippen molar-refractivity contribution in [2.24, 2.45) is 0 Å². The summed E-state index contributed by atoms with van der Waals surface area (Å²) >= 11 is 0. The van der Waals surface area contributed by atoms with E-state index in [1.807, 2.05) is 19.1 Å². The molecule has 0 atom stereocenters. The molecule has 1 aromatic rings. The third-order valence-corrected chi connectivity index (χ3v) is 6.57. The molecule has 6 heteroatoms. The molecular formula is C18H28N2O3S. The van der Waals surface area contributed by atoms with Crippen molar-refractivity contribution in [2.75, 3.05) is 26.7 Å². The Balaban J connectivity index is 2.01. The van der Waals surface area contributed by atoms with Crippen molar-refractivity contribution in [1.29, 1.82) is 0 Å². The molecule has 1 aliphatic rings. The summed E-state index contributed by atoms with van der Waals surface area (Å²) in [5.74, 6) is 0.110. The predicted molar refractivity (Wildman–Crippen MR) is 95.3 cm³/mol. The van der Waals surface area contributed by atoms with Crippen molar-refractivity contribution in [2.45, 2.75) is 50.3 Å². The molecule has 1 aromatic carbocycles. The van der Waals surface area contributed by atoms with Crippen LogP contribution < -0.4 is 0 Å². The van der Waals surface area contributed by atoms with Gasteiger partial charge in [0.05, 0.1) is 4.90 Å². The van der Waals surface area contributed by atoms with Crippen LogP contribution in [0.1, 0.15) is 44.6 Å². The first-order chi connectivity index (χ1) is 11.4. The molecule has 0 radical (unpaired) electrons. The van der Waals surface area contributed by atoms with Gasteiger partial charge in [-0.15, -0.1) is 0 Å². The van der Waals surface area contributed by atoms with Gasteiger partial charge < -0.3 is 4.90 Å². The van der Waals surface area contributed by atoms with Gasteiger partial charge in [-0.1, -0.05) is 25.0 Å². The second-order valence-electron chi connectivity index (χ2n) is 6.37. The SMILES string of the molecule is CCN(C)C(=O)CCc1ccc(S(=O)(=O)N2CCCCCC2)cc1. The molecule has 0 spiro atoms. The molecule has 1 saturated heterocycles. The Bertz CT molecular complexity index is 633. The van der Waals surface area contributed by atoms with E-state index in [0.717, 1.165) is 31.2 Å². The van der Waals surface area contributed by atoms with Crippen LogP contribution in [-0.2, 0) is 21.2 Å². The van der Waals surface area contributed by atoms with Gasteiger partial charge in [-0.3, -0.25) is 4.79 Å². The fourth-order valence-electron chi connectivity index (χ4n) is 2.88. The highest BCUT2D eigenvalue weighted by Gasteiger charge is 2.24. The maximum Gasteiger partial charge on any atom is 0.243 e. The molecule has 1 heterocycles. The first kappa shape index (κ1) is 18.9. The number of amides is 1. The number of hydrogen-bond acceptors (Lipinski definition) is 3. The Morgan fingerprint density at radius 3 is 2.21 bits per heavy atom. The Morgan fingerprint density at radius 1 is 1.08 bits per heavy atom. The van der Waals surface area contributed by atoms with E-state index in [0.29, 0.717) is 37.4 Å². The van der Waals surface area contributed by atoms with E-state index in [9.17, 15) is 13.2 Å². The zero-order valence-electron chi connectivity index (χ0n) is 14.7. The second-order valence-corrected chi connectivity index (χ2v) is 8.31. The van der Waals surface area contributed by atoms with Gasteiger partial charge in [0, 0.05) is 33.1 Å². The monoisotopic (exact) mass is 352 g/mol. The van der Waals surface area contributed by atoms with E-state index < -0.39 is 10.0 Å². The van der Waals surface area contributed by atoms with Crippen LogP contribution >= 0.6 is 0 Å². The van der Waals surface area contributed by atoms with Gasteiger partial charge in [-0.25, -0.2) is 8.42 Å². The van der Waals surface area contributed by atoms with Crippen molar-refractivity contribution in [3.8, 4) is 0 Å². The molecule has 0 aliphatic carbocycles. The Kier molecular flexibility index (Phi) is 6.80. The van der Waals surface area contributed by atoms with Crippen molar-refractivity contribution < 1.29 is 13.2 Å². The molecule has 24 heavy (non-hydrogen) atoms. The van der Waals surface area contributed by atoms with Crippen molar-refractivity contribution in [3.05, 3.63) is 29.8 Å². The first-order valence-corrected chi connectivity index (χ1v) is 10.2. The van der Waals surface area contributed by atoms with E-state index >= 15 is 0 Å². The van der Waals surface area contributed by atoms with Gasteiger partial charge in [0.1, 0.15) is 0 Å². The lowest BCUT2D eigenvalue weighted by molar-refractivity contribution is -0.129. The largest absolute Gasteiger partial charge is 0.346 e. The molecule has 0 N–H and O–H groups in total. The van der Waals surface area contributed by atoms with E-state index in [1.54, 1.807) is 28.4 Å². The van der Waals surface area contributed by atoms with Gasteiger partial charge in [-0.2, -0.15) is 4.31 Å². The highest BCUT2D eigenvalue weighted by Crippen LogP contribution is 2.21. The Labute approximate surface area is 145 Å². The summed E-state index contributed by atoms with van der Waals surface area (Å²) in [4.78, 5) is 13.9. The Morgan fingerprint density at radius 2 is 1.67 bits per heavy atom. The third kappa shape index (κ3) is 4.80. The molecule has 5 nitrogen and oxygen atoms in total. The molecule has 0 aromatic heterocycles. The van der Waals surface area contributed by atoms with Crippen LogP contribution in [-0.4, -0.2) is 50.2 Å². The fourth-order valence-corrected chi connectivity index (χ4v) is 4.39. The summed E-state index contributed by atoms with van der Waals surface area (Å²) in [5.41, 5.74) is 0.989. The standard InChI is InChI=1S/C18H28N2O3S/c1-3-19(2)18(21)13-10-16-8-11-17(12-9-16)24(22,23)20-14-6-4-5-7-15-20/h8-9,11-12H,3-7,10,13-15H2,1-2H3. The number of sulfonamides is 1. The molecule has 2 rings (SSSR count). The number of aryl methyl sites for hydroxylation is 1. The molecule has 1 amide bonds. The van der Waals surface area contributed by atoms with Crippen LogP contribution in [0.5, 0.6) is 0 Å². The summed E-state index contributed by atoms with van der Waals surface area (Å²) in [7, 11) is -1.60. The second kappa shape index (κ2) is 8.62. The van der Waals surface area contributed by atoms with E-state index in [1.165, 1.54) is 0 Å². The van der Waals surface area contributed by atoms with Crippen LogP contribution in [0, 0.1) is 0 Å². The van der Waals surface area contributed by atoms with E-state index in [-0.39, 0.29) is 5.91 Å². The minimum Gasteiger partial charge on any atom is -0.346 e. The number of hydrogen-bond donors (Lipinski definition) is 0. The first-order valence-electron chi connectivity index (χ1n) is 8.78. The number of benzene rings is 1. The molecule has 0 unspecified atom stereocenters. The minimum atomic E-state index is -3.39. The molecule has 1 aliphatic heterocycles. The summed E-state index contributed by atoms with van der Waals surface area (Å²) in [6.45, 7) is 3.87. The van der Waals surface area contributed by atoms with Gasteiger partial charge in [-0.05, 0) is 43.9 Å². The smallest absolute Gasteiger partial charge is 0.243 e. The lowest BCUT2D eigenvalue weighted by Crippen LogP contribution is -2.31. The summed E-state index contributed by atoms with van der Waals surface area (Å²) in [6.07, 6.45) is 5.15. The van der Waals surface area contributed by atoms with Gasteiger partial charge in [0.2, 0.25) is 15.9 Å². The minimum absolute atomic E-state index is 0.110. The molecule has 134 valence electrons. The summed E-state index contributed by atoms with van der Waals surface area (Å²) < 4.78 is 27.0. The normalized spacial score (nSPS) is 16.6. The quantitative estimate of drug-likeness (QED) is 0.791. The molecular weight excluding hydrogens is 324 g/mol. The zero-order chi connectivity index (χ0) is 17.6. The fraction of sp³-hybridized carbons (Fsp3) is 0.611. The van der Waals surface area contributed by atoms with Gasteiger partial charge >= 0.3 is 0 Å². The van der Waals surface area contributed by atoms with E-state index in [2.05, 4.69) is 0 Å². The van der Waals surface area contributed by atoms with E-state index in [4.69, 9.17) is 0 Å². The highest BCUT2D eigenvalue weighted by molar-refractivity contribution is 7.89. The van der Waals surface area contributed by atoms with Crippen molar-refractivity contribution in [3.63, 3.8) is 0 Å². The van der Waals surface area contributed by atoms with Crippen LogP contribution in [0.25, 0.3) is 0 Å². The highest BCUT2D eigenvalue weighted by atomic mass is 32.2. The Hall–Kier alpha value is -1.40. The molecule has 0 saturated carbocycles. The van der Waals surface area contributed by atoms with Gasteiger partial charge in [0.25, 0.3) is 0 Å². The van der Waals surface area contributed by atoms with Crippen molar-refractivity contribution >= 4 is 15.9 Å². The lowest BCUT2D eigenvalue weighted by Gasteiger charge is -2.20. The van der Waals surface area contributed by atoms with Crippen LogP contribution in [0.4, 0.5) is 0 Å². The van der Waals surface area contributed by atoms with Gasteiger partial charge in [0.15, 0.2) is 0 Å². The summed E-state index contributed by atoms with van der Waals surface area (Å²) in [6, 6.07) is 6.99. The lowest BCUT2D eigenvalue weighted by atomic mass is 10.1. The summed E-state index contributed by atoms with van der Waals surface area (Å²) in [5, 5.41) is 0. The number of nitrogens with zero attached hydrogens (tertiary/aromatic N) is 2. The van der Waals surface area contributed by atoms with Crippen LogP contribution in [0.15, 0.2) is 29.2 Å². The van der Waals surface area contributed by atoms with Crippen LogP contribution in [0.2, 0.25) is 0 Å². The predicted octanol–water partition coefficient (Wildman–Crippen LogP) is 2.66. The third-order valence-electron chi connectivity index (χ3n) is 4.65. The number of carbonyl (C=O) groups excluding carboxylic acids is 1. The average Bonchev–Trinajstić information content (AvgIpc) is 2.89. The molecule has 1 fully saturated rings. The maximum atomic E-state index is 12.7. The number of carbonyl (C=O) groups is 1. The van der Waals surface area contributed by atoms with Crippen molar-refractivity contribution in [1.82, 2.24) is 9.21 Å². The zero-order valence-corrected chi connectivity index (χ0v) is 15.5.